The van der Waals surface area contributed by atoms with Crippen molar-refractivity contribution in [2.75, 3.05) is 20.3 Å². The Morgan fingerprint density at radius 2 is 2.11 bits per heavy atom. The number of methoxy groups -OCH3 is 1. The number of rotatable bonds is 7. The lowest BCUT2D eigenvalue weighted by Crippen LogP contribution is -2.25. The van der Waals surface area contributed by atoms with E-state index in [2.05, 4.69) is 0 Å². The minimum atomic E-state index is -0.300. The van der Waals surface area contributed by atoms with E-state index in [1.54, 1.807) is 19.2 Å². The second-order valence-electron chi connectivity index (χ2n) is 4.95. The summed E-state index contributed by atoms with van der Waals surface area (Å²) in [6, 6.07) is 5.99. The van der Waals surface area contributed by atoms with Gasteiger partial charge in [0, 0.05) is 13.7 Å². The molecule has 1 atom stereocenters. The zero-order chi connectivity index (χ0) is 13.6. The lowest BCUT2D eigenvalue weighted by molar-refractivity contribution is -0.0113. The molecular formula is C14H22FNO2. The molecule has 0 saturated heterocycles. The van der Waals surface area contributed by atoms with E-state index in [1.807, 2.05) is 13.8 Å². The van der Waals surface area contributed by atoms with E-state index in [0.29, 0.717) is 13.2 Å². The average molecular weight is 255 g/mol. The summed E-state index contributed by atoms with van der Waals surface area (Å²) in [7, 11) is 1.68. The van der Waals surface area contributed by atoms with Crippen LogP contribution in [0.25, 0.3) is 0 Å². The number of hydrogen-bond donors (Lipinski definition) is 1. The van der Waals surface area contributed by atoms with Crippen molar-refractivity contribution in [3.63, 3.8) is 0 Å². The lowest BCUT2D eigenvalue weighted by atomic mass is 10.1. The Labute approximate surface area is 108 Å². The molecule has 3 nitrogen and oxygen atoms in total. The van der Waals surface area contributed by atoms with Crippen LogP contribution < -0.4 is 5.73 Å². The Kier molecular flexibility index (Phi) is 5.72. The maximum absolute atomic E-state index is 13.0. The highest BCUT2D eigenvalue weighted by atomic mass is 19.1. The molecular weight excluding hydrogens is 233 g/mol. The van der Waals surface area contributed by atoms with E-state index in [1.165, 1.54) is 12.1 Å². The number of hydrogen-bond acceptors (Lipinski definition) is 3. The molecule has 18 heavy (non-hydrogen) atoms. The van der Waals surface area contributed by atoms with Gasteiger partial charge in [-0.3, -0.25) is 0 Å². The van der Waals surface area contributed by atoms with E-state index in [9.17, 15) is 4.39 Å². The third-order valence-electron chi connectivity index (χ3n) is 2.98. The van der Waals surface area contributed by atoms with Gasteiger partial charge in [0.1, 0.15) is 5.82 Å². The van der Waals surface area contributed by atoms with Crippen LogP contribution in [-0.2, 0) is 9.47 Å². The zero-order valence-corrected chi connectivity index (χ0v) is 11.3. The average Bonchev–Trinajstić information content (AvgIpc) is 2.34. The highest BCUT2D eigenvalue weighted by Gasteiger charge is 2.16. The van der Waals surface area contributed by atoms with E-state index in [0.717, 1.165) is 12.0 Å². The van der Waals surface area contributed by atoms with Gasteiger partial charge >= 0.3 is 0 Å². The first-order valence-corrected chi connectivity index (χ1v) is 6.08. The summed E-state index contributed by atoms with van der Waals surface area (Å²) in [5.41, 5.74) is 6.48. The first kappa shape index (κ1) is 15.1. The molecule has 2 N–H and O–H groups in total. The summed E-state index contributed by atoms with van der Waals surface area (Å²) in [6.45, 7) is 4.96. The molecule has 0 aliphatic rings. The molecule has 0 amide bonds. The summed E-state index contributed by atoms with van der Waals surface area (Å²) < 4.78 is 23.8. The van der Waals surface area contributed by atoms with Crippen molar-refractivity contribution < 1.29 is 13.9 Å². The predicted molar refractivity (Wildman–Crippen MR) is 69.9 cm³/mol. The molecule has 1 aromatic carbocycles. The maximum Gasteiger partial charge on any atom is 0.123 e. The largest absolute Gasteiger partial charge is 0.379 e. The summed E-state index contributed by atoms with van der Waals surface area (Å²) in [5.74, 6) is -0.275. The molecule has 0 aliphatic heterocycles. The normalized spacial score (nSPS) is 13.6. The number of ether oxygens (including phenoxy) is 2. The van der Waals surface area contributed by atoms with Gasteiger partial charge in [-0.2, -0.15) is 0 Å². The van der Waals surface area contributed by atoms with Crippen LogP contribution in [0.2, 0.25) is 0 Å². The van der Waals surface area contributed by atoms with Gasteiger partial charge in [-0.15, -0.1) is 0 Å². The molecule has 0 aromatic heterocycles. The van der Waals surface area contributed by atoms with Crippen LogP contribution in [0.5, 0.6) is 0 Å². The van der Waals surface area contributed by atoms with E-state index in [4.69, 9.17) is 15.2 Å². The van der Waals surface area contributed by atoms with Crippen LogP contribution in [0, 0.1) is 5.82 Å². The van der Waals surface area contributed by atoms with Crippen molar-refractivity contribution in [3.8, 4) is 0 Å². The Balaban J connectivity index is 2.32. The molecule has 1 unspecified atom stereocenters. The van der Waals surface area contributed by atoms with Crippen LogP contribution in [0.1, 0.15) is 31.9 Å². The molecule has 0 heterocycles. The zero-order valence-electron chi connectivity index (χ0n) is 11.3. The van der Waals surface area contributed by atoms with Gasteiger partial charge < -0.3 is 15.2 Å². The molecule has 1 rings (SSSR count). The Bertz CT molecular complexity index is 369. The van der Waals surface area contributed by atoms with Crippen molar-refractivity contribution >= 4 is 0 Å². The van der Waals surface area contributed by atoms with Gasteiger partial charge in [-0.05, 0) is 38.0 Å². The third-order valence-corrected chi connectivity index (χ3v) is 2.98. The van der Waals surface area contributed by atoms with Crippen LogP contribution in [0.3, 0.4) is 0 Å². The highest BCUT2D eigenvalue weighted by Crippen LogP contribution is 2.15. The summed E-state index contributed by atoms with van der Waals surface area (Å²) in [5, 5.41) is 0. The highest BCUT2D eigenvalue weighted by molar-refractivity contribution is 5.19. The van der Waals surface area contributed by atoms with E-state index < -0.39 is 0 Å². The number of nitrogens with two attached hydrogens (primary N) is 1. The quantitative estimate of drug-likeness (QED) is 0.762. The first-order valence-electron chi connectivity index (χ1n) is 6.08. The standard InChI is InChI=1S/C14H22FNO2/c1-14(2,17-3)7-8-18-10-13(16)11-5-4-6-12(15)9-11/h4-6,9,13H,7-8,10,16H2,1-3H3. The van der Waals surface area contributed by atoms with Gasteiger partial charge in [-0.25, -0.2) is 4.39 Å². The predicted octanol–water partition coefficient (Wildman–Crippen LogP) is 2.66. The fraction of sp³-hybridized carbons (Fsp3) is 0.571. The van der Waals surface area contributed by atoms with Crippen molar-refractivity contribution in [2.45, 2.75) is 31.9 Å². The third kappa shape index (κ3) is 5.12. The van der Waals surface area contributed by atoms with E-state index >= 15 is 0 Å². The van der Waals surface area contributed by atoms with Crippen molar-refractivity contribution in [2.24, 2.45) is 5.73 Å². The van der Waals surface area contributed by atoms with Crippen molar-refractivity contribution in [1.29, 1.82) is 0 Å². The second kappa shape index (κ2) is 6.83. The Hall–Kier alpha value is -0.970. The Morgan fingerprint density at radius 3 is 2.72 bits per heavy atom. The first-order chi connectivity index (χ1) is 8.44. The van der Waals surface area contributed by atoms with Gasteiger partial charge in [0.05, 0.1) is 18.2 Å². The molecule has 1 aromatic rings. The van der Waals surface area contributed by atoms with Crippen molar-refractivity contribution in [1.82, 2.24) is 0 Å². The van der Waals surface area contributed by atoms with Gasteiger partial charge in [0.15, 0.2) is 0 Å². The topological polar surface area (TPSA) is 44.5 Å². The molecule has 0 fully saturated rings. The molecule has 0 bridgehead atoms. The van der Waals surface area contributed by atoms with Crippen LogP contribution >= 0.6 is 0 Å². The Morgan fingerprint density at radius 1 is 1.39 bits per heavy atom. The molecule has 4 heteroatoms. The van der Waals surface area contributed by atoms with E-state index in [-0.39, 0.29) is 17.5 Å². The molecule has 0 spiro atoms. The molecule has 0 saturated carbocycles. The molecule has 102 valence electrons. The number of benzene rings is 1. The monoisotopic (exact) mass is 255 g/mol. The van der Waals surface area contributed by atoms with Gasteiger partial charge in [0.2, 0.25) is 0 Å². The minimum absolute atomic E-state index is 0.192. The van der Waals surface area contributed by atoms with Gasteiger partial charge in [0.25, 0.3) is 0 Å². The second-order valence-corrected chi connectivity index (χ2v) is 4.95. The van der Waals surface area contributed by atoms with Crippen LogP contribution in [0.4, 0.5) is 4.39 Å². The fourth-order valence-corrected chi connectivity index (χ4v) is 1.46. The van der Waals surface area contributed by atoms with Crippen LogP contribution in [-0.4, -0.2) is 25.9 Å². The summed E-state index contributed by atoms with van der Waals surface area (Å²) in [6.07, 6.45) is 0.791. The smallest absolute Gasteiger partial charge is 0.123 e. The molecule has 0 aliphatic carbocycles. The van der Waals surface area contributed by atoms with Crippen LogP contribution in [0.15, 0.2) is 24.3 Å². The molecule has 0 radical (unpaired) electrons. The van der Waals surface area contributed by atoms with Gasteiger partial charge in [-0.1, -0.05) is 12.1 Å². The SMILES string of the molecule is COC(C)(C)CCOCC(N)c1cccc(F)c1. The maximum atomic E-state index is 13.0. The van der Waals surface area contributed by atoms with Crippen molar-refractivity contribution in [3.05, 3.63) is 35.6 Å². The fourth-order valence-electron chi connectivity index (χ4n) is 1.46. The summed E-state index contributed by atoms with van der Waals surface area (Å²) >= 11 is 0. The lowest BCUT2D eigenvalue weighted by Gasteiger charge is -2.23. The minimum Gasteiger partial charge on any atom is -0.379 e. The summed E-state index contributed by atoms with van der Waals surface area (Å²) in [4.78, 5) is 0. The number of halogens is 1.